The molecule has 112 valence electrons. The summed E-state index contributed by atoms with van der Waals surface area (Å²) < 4.78 is 52.0. The molecule has 0 aliphatic rings. The van der Waals surface area contributed by atoms with E-state index in [1.54, 1.807) is 0 Å². The number of halogens is 3. The predicted molar refractivity (Wildman–Crippen MR) is 74.3 cm³/mol. The average molecular weight is 333 g/mol. The van der Waals surface area contributed by atoms with E-state index in [0.717, 1.165) is 16.6 Å². The van der Waals surface area contributed by atoms with E-state index in [1.807, 2.05) is 0 Å². The lowest BCUT2D eigenvalue weighted by Gasteiger charge is -2.18. The quantitative estimate of drug-likeness (QED) is 0.865. The molecule has 0 N–H and O–H groups in total. The summed E-state index contributed by atoms with van der Waals surface area (Å²) in [5.74, 6) is -1.54. The minimum absolute atomic E-state index is 0.0245. The third-order valence-corrected chi connectivity index (χ3v) is 5.10. The number of pyridine rings is 1. The lowest BCUT2D eigenvalue weighted by atomic mass is 10.2. The number of rotatable bonds is 4. The van der Waals surface area contributed by atoms with Crippen LogP contribution in [0.3, 0.4) is 0 Å². The topological polar surface area (TPSA) is 50.3 Å². The van der Waals surface area contributed by atoms with Gasteiger partial charge in [0, 0.05) is 37.6 Å². The first kappa shape index (κ1) is 15.8. The van der Waals surface area contributed by atoms with Gasteiger partial charge in [0.15, 0.2) is 0 Å². The van der Waals surface area contributed by atoms with Crippen molar-refractivity contribution in [2.45, 2.75) is 11.4 Å². The molecular weight excluding hydrogens is 322 g/mol. The molecule has 0 amide bonds. The minimum Gasteiger partial charge on any atom is -0.263 e. The van der Waals surface area contributed by atoms with Crippen LogP contribution in [0.15, 0.2) is 41.6 Å². The molecule has 0 saturated carbocycles. The number of hydrogen-bond donors (Lipinski definition) is 0. The second kappa shape index (κ2) is 6.05. The van der Waals surface area contributed by atoms with E-state index in [4.69, 9.17) is 11.6 Å². The SMILES string of the molecule is CN(Cc1ccc(F)cc1F)S(=O)(=O)c1cnccc1Cl. The number of nitrogens with zero attached hydrogens (tertiary/aromatic N) is 2. The lowest BCUT2D eigenvalue weighted by Crippen LogP contribution is -2.27. The van der Waals surface area contributed by atoms with Gasteiger partial charge in [-0.1, -0.05) is 17.7 Å². The summed E-state index contributed by atoms with van der Waals surface area (Å²) in [6.07, 6.45) is 2.48. The second-order valence-corrected chi connectivity index (χ2v) is 6.72. The molecule has 0 saturated heterocycles. The summed E-state index contributed by atoms with van der Waals surface area (Å²) in [4.78, 5) is 3.55. The molecule has 0 bridgehead atoms. The average Bonchev–Trinajstić information content (AvgIpc) is 2.42. The van der Waals surface area contributed by atoms with Gasteiger partial charge in [-0.3, -0.25) is 4.98 Å². The van der Waals surface area contributed by atoms with Crippen molar-refractivity contribution in [3.8, 4) is 0 Å². The molecule has 21 heavy (non-hydrogen) atoms. The largest absolute Gasteiger partial charge is 0.263 e. The highest BCUT2D eigenvalue weighted by Gasteiger charge is 2.24. The Bertz CT molecular complexity index is 769. The van der Waals surface area contributed by atoms with E-state index in [2.05, 4.69) is 4.98 Å². The molecule has 1 aromatic carbocycles. The fraction of sp³-hybridized carbons (Fsp3) is 0.154. The molecule has 1 heterocycles. The van der Waals surface area contributed by atoms with Gasteiger partial charge in [-0.2, -0.15) is 4.31 Å². The van der Waals surface area contributed by atoms with E-state index in [-0.39, 0.29) is 22.0 Å². The van der Waals surface area contributed by atoms with Crippen LogP contribution < -0.4 is 0 Å². The highest BCUT2D eigenvalue weighted by molar-refractivity contribution is 7.89. The Hall–Kier alpha value is -1.57. The summed E-state index contributed by atoms with van der Waals surface area (Å²) in [5.41, 5.74) is 0.0579. The maximum atomic E-state index is 13.6. The normalized spacial score (nSPS) is 11.9. The number of hydrogen-bond acceptors (Lipinski definition) is 3. The summed E-state index contributed by atoms with van der Waals surface area (Å²) >= 11 is 5.84. The number of aromatic nitrogens is 1. The zero-order chi connectivity index (χ0) is 15.6. The summed E-state index contributed by atoms with van der Waals surface area (Å²) in [6, 6.07) is 4.31. The van der Waals surface area contributed by atoms with E-state index in [0.29, 0.717) is 6.07 Å². The van der Waals surface area contributed by atoms with E-state index >= 15 is 0 Å². The molecule has 2 aromatic rings. The van der Waals surface area contributed by atoms with Gasteiger partial charge in [-0.15, -0.1) is 0 Å². The first-order chi connectivity index (χ1) is 9.82. The summed E-state index contributed by atoms with van der Waals surface area (Å²) in [5, 5.41) is 0.0245. The van der Waals surface area contributed by atoms with Crippen molar-refractivity contribution in [1.82, 2.24) is 9.29 Å². The minimum atomic E-state index is -3.92. The van der Waals surface area contributed by atoms with Gasteiger partial charge >= 0.3 is 0 Å². The van der Waals surface area contributed by atoms with Crippen LogP contribution in [0.1, 0.15) is 5.56 Å². The molecular formula is C13H11ClF2N2O2S. The molecule has 1 aromatic heterocycles. The van der Waals surface area contributed by atoms with Crippen LogP contribution >= 0.6 is 11.6 Å². The van der Waals surface area contributed by atoms with Crippen molar-refractivity contribution in [3.05, 3.63) is 58.9 Å². The van der Waals surface area contributed by atoms with Gasteiger partial charge in [-0.25, -0.2) is 17.2 Å². The highest BCUT2D eigenvalue weighted by Crippen LogP contribution is 2.24. The zero-order valence-corrected chi connectivity index (χ0v) is 12.5. The fourth-order valence-electron chi connectivity index (χ4n) is 1.70. The number of sulfonamides is 1. The van der Waals surface area contributed by atoms with Gasteiger partial charge in [0.1, 0.15) is 16.5 Å². The molecule has 2 rings (SSSR count). The third kappa shape index (κ3) is 3.37. The van der Waals surface area contributed by atoms with Crippen molar-refractivity contribution in [2.75, 3.05) is 7.05 Å². The predicted octanol–water partition coefficient (Wildman–Crippen LogP) is 2.83. The van der Waals surface area contributed by atoms with Crippen molar-refractivity contribution >= 4 is 21.6 Å². The number of benzene rings is 1. The Kier molecular flexibility index (Phi) is 4.55. The van der Waals surface area contributed by atoms with E-state index < -0.39 is 21.7 Å². The molecule has 4 nitrogen and oxygen atoms in total. The van der Waals surface area contributed by atoms with Crippen LogP contribution in [-0.4, -0.2) is 24.8 Å². The Labute approximate surface area is 126 Å². The second-order valence-electron chi connectivity index (χ2n) is 4.30. The van der Waals surface area contributed by atoms with Crippen molar-refractivity contribution < 1.29 is 17.2 Å². The Morgan fingerprint density at radius 2 is 2.00 bits per heavy atom. The van der Waals surface area contributed by atoms with Crippen LogP contribution in [0.25, 0.3) is 0 Å². The van der Waals surface area contributed by atoms with Crippen molar-refractivity contribution in [1.29, 1.82) is 0 Å². The summed E-state index contributed by atoms with van der Waals surface area (Å²) in [7, 11) is -2.64. The maximum Gasteiger partial charge on any atom is 0.246 e. The first-order valence-corrected chi connectivity index (χ1v) is 7.64. The zero-order valence-electron chi connectivity index (χ0n) is 10.9. The van der Waals surface area contributed by atoms with Gasteiger partial charge < -0.3 is 0 Å². The molecule has 0 fully saturated rings. The molecule has 0 aliphatic heterocycles. The third-order valence-electron chi connectivity index (χ3n) is 2.83. The van der Waals surface area contributed by atoms with Gasteiger partial charge in [0.25, 0.3) is 0 Å². The van der Waals surface area contributed by atoms with Crippen LogP contribution in [-0.2, 0) is 16.6 Å². The Morgan fingerprint density at radius 1 is 1.29 bits per heavy atom. The van der Waals surface area contributed by atoms with Crippen LogP contribution in [0.2, 0.25) is 5.02 Å². The highest BCUT2D eigenvalue weighted by atomic mass is 35.5. The van der Waals surface area contributed by atoms with E-state index in [1.165, 1.54) is 25.4 Å². The first-order valence-electron chi connectivity index (χ1n) is 5.82. The lowest BCUT2D eigenvalue weighted by molar-refractivity contribution is 0.454. The van der Waals surface area contributed by atoms with Crippen molar-refractivity contribution in [3.63, 3.8) is 0 Å². The molecule has 8 heteroatoms. The Morgan fingerprint density at radius 3 is 2.62 bits per heavy atom. The smallest absolute Gasteiger partial charge is 0.246 e. The Balaban J connectivity index is 2.31. The molecule has 0 unspecified atom stereocenters. The van der Waals surface area contributed by atoms with Gasteiger partial charge in [0.2, 0.25) is 10.0 Å². The van der Waals surface area contributed by atoms with Crippen LogP contribution in [0.5, 0.6) is 0 Å². The van der Waals surface area contributed by atoms with Gasteiger partial charge in [0.05, 0.1) is 5.02 Å². The van der Waals surface area contributed by atoms with Crippen LogP contribution in [0, 0.1) is 11.6 Å². The van der Waals surface area contributed by atoms with E-state index in [9.17, 15) is 17.2 Å². The molecule has 0 spiro atoms. The summed E-state index contributed by atoms with van der Waals surface area (Å²) in [6.45, 7) is -0.250. The monoisotopic (exact) mass is 332 g/mol. The molecule has 0 aliphatic carbocycles. The van der Waals surface area contributed by atoms with Crippen LogP contribution in [0.4, 0.5) is 8.78 Å². The standard InChI is InChI=1S/C13H11ClF2N2O2S/c1-18(8-9-2-3-10(15)6-12(9)16)21(19,20)13-7-17-5-4-11(13)14/h2-7H,8H2,1H3. The molecule has 0 atom stereocenters. The van der Waals surface area contributed by atoms with Gasteiger partial charge in [-0.05, 0) is 12.1 Å². The van der Waals surface area contributed by atoms with Crippen molar-refractivity contribution in [2.24, 2.45) is 0 Å². The molecule has 0 radical (unpaired) electrons. The maximum absolute atomic E-state index is 13.6. The fourth-order valence-corrected chi connectivity index (χ4v) is 3.25.